The first-order chi connectivity index (χ1) is 13.6. The predicted octanol–water partition coefficient (Wildman–Crippen LogP) is 2.52. The highest BCUT2D eigenvalue weighted by molar-refractivity contribution is 5.94. The summed E-state index contributed by atoms with van der Waals surface area (Å²) in [4.78, 5) is 25.3. The largest absolute Gasteiger partial charge is 0.494 e. The van der Waals surface area contributed by atoms with Crippen LogP contribution < -0.4 is 15.4 Å². The van der Waals surface area contributed by atoms with Crippen molar-refractivity contribution in [3.05, 3.63) is 59.9 Å². The van der Waals surface area contributed by atoms with Crippen LogP contribution >= 0.6 is 0 Å². The third-order valence-corrected chi connectivity index (χ3v) is 4.04. The number of aromatic nitrogens is 4. The van der Waals surface area contributed by atoms with Gasteiger partial charge in [0, 0.05) is 37.1 Å². The van der Waals surface area contributed by atoms with Gasteiger partial charge in [0.25, 0.3) is 5.91 Å². The highest BCUT2D eigenvalue weighted by Gasteiger charge is 2.07. The van der Waals surface area contributed by atoms with Gasteiger partial charge in [0.1, 0.15) is 29.0 Å². The number of rotatable bonds is 8. The molecule has 0 aliphatic rings. The number of aryl methyl sites for hydroxylation is 2. The highest BCUT2D eigenvalue weighted by atomic mass is 16.5. The number of amides is 1. The Morgan fingerprint density at radius 2 is 1.93 bits per heavy atom. The topological polar surface area (TPSA) is 94.0 Å². The fraction of sp³-hybridized carbons (Fsp3) is 0.300. The minimum atomic E-state index is -0.126. The van der Waals surface area contributed by atoms with Crippen molar-refractivity contribution in [2.24, 2.45) is 0 Å². The Balaban J connectivity index is 1.53. The van der Waals surface area contributed by atoms with Gasteiger partial charge < -0.3 is 15.4 Å². The normalized spacial score (nSPS) is 10.5. The average Bonchev–Trinajstić information content (AvgIpc) is 3.11. The number of anilines is 1. The van der Waals surface area contributed by atoms with Crippen LogP contribution in [0.15, 0.2) is 42.7 Å². The van der Waals surface area contributed by atoms with Crippen molar-refractivity contribution in [3.8, 4) is 11.6 Å². The van der Waals surface area contributed by atoms with Gasteiger partial charge in [-0.2, -0.15) is 0 Å². The second-order valence-corrected chi connectivity index (χ2v) is 6.14. The molecule has 0 fully saturated rings. The maximum Gasteiger partial charge on any atom is 0.251 e. The first kappa shape index (κ1) is 19.3. The Hall–Kier alpha value is -3.42. The van der Waals surface area contributed by atoms with Gasteiger partial charge in [-0.25, -0.2) is 15.0 Å². The summed E-state index contributed by atoms with van der Waals surface area (Å²) in [6.07, 6.45) is 3.59. The number of imidazole rings is 1. The van der Waals surface area contributed by atoms with E-state index in [0.717, 1.165) is 17.4 Å². The maximum atomic E-state index is 12.2. The summed E-state index contributed by atoms with van der Waals surface area (Å²) in [7, 11) is 0. The molecule has 2 heterocycles. The number of ether oxygens (including phenoxy) is 1. The SMILES string of the molecule is CCOc1ccc(C(=O)NCCNc2cc(-n3ccnc3C)nc(C)n2)cc1. The summed E-state index contributed by atoms with van der Waals surface area (Å²) in [5, 5.41) is 6.11. The van der Waals surface area contributed by atoms with Crippen LogP contribution in [0.25, 0.3) is 5.82 Å². The van der Waals surface area contributed by atoms with Crippen molar-refractivity contribution < 1.29 is 9.53 Å². The van der Waals surface area contributed by atoms with Crippen molar-refractivity contribution in [1.29, 1.82) is 0 Å². The van der Waals surface area contributed by atoms with Gasteiger partial charge in [-0.05, 0) is 45.0 Å². The van der Waals surface area contributed by atoms with E-state index in [1.807, 2.05) is 37.6 Å². The third kappa shape index (κ3) is 4.85. The molecule has 0 saturated heterocycles. The van der Waals surface area contributed by atoms with E-state index in [-0.39, 0.29) is 5.91 Å². The minimum Gasteiger partial charge on any atom is -0.494 e. The Labute approximate surface area is 164 Å². The van der Waals surface area contributed by atoms with E-state index in [9.17, 15) is 4.79 Å². The molecule has 1 aromatic carbocycles. The molecular weight excluding hydrogens is 356 g/mol. The summed E-state index contributed by atoms with van der Waals surface area (Å²) in [6, 6.07) is 8.94. The molecule has 0 saturated carbocycles. The zero-order valence-corrected chi connectivity index (χ0v) is 16.3. The Morgan fingerprint density at radius 3 is 2.61 bits per heavy atom. The predicted molar refractivity (Wildman–Crippen MR) is 107 cm³/mol. The monoisotopic (exact) mass is 380 g/mol. The molecule has 28 heavy (non-hydrogen) atoms. The Morgan fingerprint density at radius 1 is 1.14 bits per heavy atom. The number of benzene rings is 1. The quantitative estimate of drug-likeness (QED) is 0.583. The fourth-order valence-corrected chi connectivity index (χ4v) is 2.72. The molecular formula is C20H24N6O2. The van der Waals surface area contributed by atoms with Gasteiger partial charge in [-0.1, -0.05) is 0 Å². The van der Waals surface area contributed by atoms with Crippen molar-refractivity contribution in [2.45, 2.75) is 20.8 Å². The van der Waals surface area contributed by atoms with Crippen LogP contribution in [-0.4, -0.2) is 45.1 Å². The molecule has 0 aliphatic heterocycles. The number of carbonyl (C=O) groups is 1. The molecule has 0 spiro atoms. The number of carbonyl (C=O) groups excluding carboxylic acids is 1. The summed E-state index contributed by atoms with van der Waals surface area (Å²) < 4.78 is 7.28. The molecule has 2 aromatic heterocycles. The van der Waals surface area contributed by atoms with Gasteiger partial charge in [-0.3, -0.25) is 9.36 Å². The first-order valence-electron chi connectivity index (χ1n) is 9.17. The third-order valence-electron chi connectivity index (χ3n) is 4.04. The standard InChI is InChI=1S/C20H24N6O2/c1-4-28-17-7-5-16(6-8-17)20(27)23-10-9-22-18-13-19(25-14(2)24-18)26-12-11-21-15(26)3/h5-8,11-13H,4,9-10H2,1-3H3,(H,23,27)(H,22,24,25). The lowest BCUT2D eigenvalue weighted by molar-refractivity contribution is 0.0955. The molecule has 0 aliphatic carbocycles. The van der Waals surface area contributed by atoms with Crippen LogP contribution in [0.5, 0.6) is 5.75 Å². The minimum absolute atomic E-state index is 0.126. The average molecular weight is 380 g/mol. The number of hydrogen-bond donors (Lipinski definition) is 2. The molecule has 2 N–H and O–H groups in total. The van der Waals surface area contributed by atoms with Crippen molar-refractivity contribution in [2.75, 3.05) is 25.0 Å². The molecule has 0 bridgehead atoms. The summed E-state index contributed by atoms with van der Waals surface area (Å²) in [5.74, 6) is 3.59. The molecule has 146 valence electrons. The molecule has 0 radical (unpaired) electrons. The maximum absolute atomic E-state index is 12.2. The van der Waals surface area contributed by atoms with E-state index >= 15 is 0 Å². The van der Waals surface area contributed by atoms with Gasteiger partial charge >= 0.3 is 0 Å². The van der Waals surface area contributed by atoms with Crippen LogP contribution in [0.1, 0.15) is 28.9 Å². The molecule has 0 atom stereocenters. The van der Waals surface area contributed by atoms with Crippen LogP contribution in [0, 0.1) is 13.8 Å². The summed E-state index contributed by atoms with van der Waals surface area (Å²) in [5.41, 5.74) is 0.596. The van der Waals surface area contributed by atoms with Crippen LogP contribution in [0.2, 0.25) is 0 Å². The van der Waals surface area contributed by atoms with Crippen molar-refractivity contribution in [3.63, 3.8) is 0 Å². The lowest BCUT2D eigenvalue weighted by atomic mass is 10.2. The lowest BCUT2D eigenvalue weighted by Gasteiger charge is -2.11. The smallest absolute Gasteiger partial charge is 0.251 e. The van der Waals surface area contributed by atoms with E-state index in [1.165, 1.54) is 0 Å². The molecule has 3 aromatic rings. The fourth-order valence-electron chi connectivity index (χ4n) is 2.72. The molecule has 8 nitrogen and oxygen atoms in total. The number of hydrogen-bond acceptors (Lipinski definition) is 6. The lowest BCUT2D eigenvalue weighted by Crippen LogP contribution is -2.28. The zero-order valence-electron chi connectivity index (χ0n) is 16.3. The molecule has 1 amide bonds. The molecule has 3 rings (SSSR count). The summed E-state index contributed by atoms with van der Waals surface area (Å²) in [6.45, 7) is 7.29. The van der Waals surface area contributed by atoms with Gasteiger partial charge in [0.15, 0.2) is 0 Å². The molecule has 0 unspecified atom stereocenters. The van der Waals surface area contributed by atoms with Gasteiger partial charge in [0.05, 0.1) is 6.61 Å². The second-order valence-electron chi connectivity index (χ2n) is 6.14. The van der Waals surface area contributed by atoms with Crippen molar-refractivity contribution >= 4 is 11.7 Å². The summed E-state index contributed by atoms with van der Waals surface area (Å²) >= 11 is 0. The first-order valence-corrected chi connectivity index (χ1v) is 9.17. The van der Waals surface area contributed by atoms with E-state index in [0.29, 0.717) is 36.9 Å². The second kappa shape index (κ2) is 8.98. The van der Waals surface area contributed by atoms with Crippen LogP contribution in [-0.2, 0) is 0 Å². The van der Waals surface area contributed by atoms with E-state index in [2.05, 4.69) is 25.6 Å². The van der Waals surface area contributed by atoms with Crippen LogP contribution in [0.3, 0.4) is 0 Å². The molecule has 8 heteroatoms. The van der Waals surface area contributed by atoms with Crippen molar-refractivity contribution in [1.82, 2.24) is 24.8 Å². The van der Waals surface area contributed by atoms with Gasteiger partial charge in [0.2, 0.25) is 0 Å². The zero-order chi connectivity index (χ0) is 19.9. The Bertz CT molecular complexity index is 936. The van der Waals surface area contributed by atoms with Crippen LogP contribution in [0.4, 0.5) is 5.82 Å². The van der Waals surface area contributed by atoms with E-state index in [1.54, 1.807) is 30.5 Å². The number of nitrogens with zero attached hydrogens (tertiary/aromatic N) is 4. The van der Waals surface area contributed by atoms with Gasteiger partial charge in [-0.15, -0.1) is 0 Å². The number of nitrogens with one attached hydrogen (secondary N) is 2. The Kier molecular flexibility index (Phi) is 6.21. The van der Waals surface area contributed by atoms with E-state index in [4.69, 9.17) is 4.74 Å². The van der Waals surface area contributed by atoms with E-state index < -0.39 is 0 Å². The highest BCUT2D eigenvalue weighted by Crippen LogP contribution is 2.13.